The van der Waals surface area contributed by atoms with Crippen molar-refractivity contribution in [3.8, 4) is 0 Å². The van der Waals surface area contributed by atoms with Gasteiger partial charge in [0.25, 0.3) is 0 Å². The molecule has 1 atom stereocenters. The van der Waals surface area contributed by atoms with Crippen LogP contribution in [0, 0.1) is 0 Å². The third-order valence-electron chi connectivity index (χ3n) is 4.22. The number of methoxy groups -OCH3 is 1. The number of rotatable bonds is 11. The maximum absolute atomic E-state index is 13.0. The van der Waals surface area contributed by atoms with Crippen molar-refractivity contribution in [2.75, 3.05) is 20.2 Å². The first-order chi connectivity index (χ1) is 14.9. The number of aromatic nitrogens is 2. The molecule has 31 heavy (non-hydrogen) atoms. The van der Waals surface area contributed by atoms with E-state index in [0.717, 1.165) is 10.5 Å². The van der Waals surface area contributed by atoms with Crippen LogP contribution in [0.15, 0.2) is 42.9 Å². The second-order valence-electron chi connectivity index (χ2n) is 6.50. The molecule has 2 rings (SSSR count). The second kappa shape index (κ2) is 12.0. The number of amides is 2. The molecule has 1 heterocycles. The maximum atomic E-state index is 13.0. The number of hydrogen-bond acceptors (Lipinski definition) is 7. The van der Waals surface area contributed by atoms with Gasteiger partial charge in [0, 0.05) is 19.2 Å². The average molecular weight is 432 g/mol. The van der Waals surface area contributed by atoms with E-state index in [4.69, 9.17) is 9.84 Å². The molecule has 0 aliphatic carbocycles. The van der Waals surface area contributed by atoms with Gasteiger partial charge in [-0.05, 0) is 5.56 Å². The lowest BCUT2D eigenvalue weighted by atomic mass is 10.1. The Balaban J connectivity index is 2.09. The number of aliphatic carboxylic acids is 1. The number of aromatic amines is 1. The Bertz CT molecular complexity index is 871. The van der Waals surface area contributed by atoms with Crippen LogP contribution in [0.2, 0.25) is 0 Å². The SMILES string of the molecule is COC(=O)CCN(CC(=O)O)C(=O)[C@H](Cc1c[nH]cn1)NC(=O)OCc1ccccc1. The molecule has 1 aromatic heterocycles. The van der Waals surface area contributed by atoms with Gasteiger partial charge in [0.05, 0.1) is 25.6 Å². The fourth-order valence-corrected chi connectivity index (χ4v) is 2.70. The van der Waals surface area contributed by atoms with E-state index in [1.54, 1.807) is 30.5 Å². The number of imidazole rings is 1. The number of nitrogens with one attached hydrogen (secondary N) is 2. The van der Waals surface area contributed by atoms with Crippen molar-refractivity contribution in [3.05, 3.63) is 54.1 Å². The molecule has 1 aromatic carbocycles. The van der Waals surface area contributed by atoms with Gasteiger partial charge in [0.1, 0.15) is 19.2 Å². The molecule has 166 valence electrons. The molecule has 2 aromatic rings. The lowest BCUT2D eigenvalue weighted by Crippen LogP contribution is -2.51. The Morgan fingerprint density at radius 3 is 2.58 bits per heavy atom. The van der Waals surface area contributed by atoms with Gasteiger partial charge in [-0.3, -0.25) is 14.4 Å². The molecule has 2 amide bonds. The van der Waals surface area contributed by atoms with Gasteiger partial charge in [-0.1, -0.05) is 30.3 Å². The monoisotopic (exact) mass is 432 g/mol. The van der Waals surface area contributed by atoms with Crippen LogP contribution in [-0.2, 0) is 36.9 Å². The van der Waals surface area contributed by atoms with Crippen molar-refractivity contribution in [3.63, 3.8) is 0 Å². The summed E-state index contributed by atoms with van der Waals surface area (Å²) in [5, 5.41) is 11.6. The Labute approximate surface area is 178 Å². The number of hydrogen-bond donors (Lipinski definition) is 3. The molecule has 11 heteroatoms. The topological polar surface area (TPSA) is 151 Å². The Morgan fingerprint density at radius 1 is 1.23 bits per heavy atom. The predicted octanol–water partition coefficient (Wildman–Crippen LogP) is 0.724. The first-order valence-corrected chi connectivity index (χ1v) is 9.41. The number of H-pyrrole nitrogens is 1. The lowest BCUT2D eigenvalue weighted by Gasteiger charge is -2.26. The number of carbonyl (C=O) groups is 4. The molecule has 0 saturated carbocycles. The first-order valence-electron chi connectivity index (χ1n) is 9.41. The maximum Gasteiger partial charge on any atom is 0.408 e. The molecular formula is C20H24N4O7. The van der Waals surface area contributed by atoms with Crippen LogP contribution >= 0.6 is 0 Å². The highest BCUT2D eigenvalue weighted by Crippen LogP contribution is 2.07. The third kappa shape index (κ3) is 8.17. The first kappa shape index (κ1) is 23.4. The van der Waals surface area contributed by atoms with Crippen LogP contribution in [0.25, 0.3) is 0 Å². The number of benzene rings is 1. The Morgan fingerprint density at radius 2 is 1.97 bits per heavy atom. The zero-order chi connectivity index (χ0) is 22.6. The Kier molecular flexibility index (Phi) is 9.02. The minimum Gasteiger partial charge on any atom is -0.480 e. The highest BCUT2D eigenvalue weighted by molar-refractivity contribution is 5.88. The van der Waals surface area contributed by atoms with Crippen molar-refractivity contribution in [1.82, 2.24) is 20.2 Å². The van der Waals surface area contributed by atoms with Crippen molar-refractivity contribution >= 4 is 23.9 Å². The smallest absolute Gasteiger partial charge is 0.408 e. The molecule has 0 aliphatic rings. The number of ether oxygens (including phenoxy) is 2. The zero-order valence-electron chi connectivity index (χ0n) is 16.9. The summed E-state index contributed by atoms with van der Waals surface area (Å²) in [4.78, 5) is 55.7. The fourth-order valence-electron chi connectivity index (χ4n) is 2.70. The van der Waals surface area contributed by atoms with Gasteiger partial charge in [-0.25, -0.2) is 9.78 Å². The number of carboxylic acids is 1. The van der Waals surface area contributed by atoms with Gasteiger partial charge >= 0.3 is 18.0 Å². The summed E-state index contributed by atoms with van der Waals surface area (Å²) < 4.78 is 9.71. The number of nitrogens with zero attached hydrogens (tertiary/aromatic N) is 2. The molecular weight excluding hydrogens is 408 g/mol. The second-order valence-corrected chi connectivity index (χ2v) is 6.50. The van der Waals surface area contributed by atoms with E-state index in [0.29, 0.717) is 5.69 Å². The highest BCUT2D eigenvalue weighted by atomic mass is 16.5. The zero-order valence-corrected chi connectivity index (χ0v) is 16.9. The summed E-state index contributed by atoms with van der Waals surface area (Å²) in [6.45, 7) is -0.833. The summed E-state index contributed by atoms with van der Waals surface area (Å²) in [5.41, 5.74) is 1.24. The average Bonchev–Trinajstić information content (AvgIpc) is 3.27. The summed E-state index contributed by atoms with van der Waals surface area (Å²) in [6, 6.07) is 7.83. The molecule has 0 bridgehead atoms. The van der Waals surface area contributed by atoms with E-state index in [2.05, 4.69) is 20.0 Å². The minimum absolute atomic E-state index is 0.00281. The molecule has 11 nitrogen and oxygen atoms in total. The van der Waals surface area contributed by atoms with E-state index < -0.39 is 36.5 Å². The van der Waals surface area contributed by atoms with Gasteiger partial charge in [-0.15, -0.1) is 0 Å². The summed E-state index contributed by atoms with van der Waals surface area (Å²) in [7, 11) is 1.19. The summed E-state index contributed by atoms with van der Waals surface area (Å²) >= 11 is 0. The van der Waals surface area contributed by atoms with Crippen molar-refractivity contribution < 1.29 is 33.8 Å². The van der Waals surface area contributed by atoms with Gasteiger partial charge in [-0.2, -0.15) is 0 Å². The number of alkyl carbamates (subject to hydrolysis) is 1. The molecule has 0 spiro atoms. The van der Waals surface area contributed by atoms with Gasteiger partial charge < -0.3 is 29.8 Å². The van der Waals surface area contributed by atoms with Crippen LogP contribution in [0.4, 0.5) is 4.79 Å². The minimum atomic E-state index is -1.26. The quantitative estimate of drug-likeness (QED) is 0.440. The summed E-state index contributed by atoms with van der Waals surface area (Å²) in [6.07, 6.45) is 1.92. The van der Waals surface area contributed by atoms with E-state index >= 15 is 0 Å². The van der Waals surface area contributed by atoms with Crippen molar-refractivity contribution in [2.24, 2.45) is 0 Å². The van der Waals surface area contributed by atoms with Gasteiger partial charge in [0.15, 0.2) is 0 Å². The lowest BCUT2D eigenvalue weighted by molar-refractivity contribution is -0.147. The number of carboxylic acid groups (broad SMARTS) is 1. The van der Waals surface area contributed by atoms with Crippen LogP contribution in [0.1, 0.15) is 17.7 Å². The van der Waals surface area contributed by atoms with Gasteiger partial charge in [0.2, 0.25) is 5.91 Å². The van der Waals surface area contributed by atoms with Crippen molar-refractivity contribution in [1.29, 1.82) is 0 Å². The largest absolute Gasteiger partial charge is 0.480 e. The predicted molar refractivity (Wildman–Crippen MR) is 107 cm³/mol. The molecule has 0 radical (unpaired) electrons. The van der Waals surface area contributed by atoms with Crippen LogP contribution in [0.3, 0.4) is 0 Å². The van der Waals surface area contributed by atoms with Crippen LogP contribution in [-0.4, -0.2) is 70.2 Å². The number of esters is 1. The fraction of sp³-hybridized carbons (Fsp3) is 0.350. The molecule has 0 saturated heterocycles. The Hall–Kier alpha value is -3.89. The van der Waals surface area contributed by atoms with Crippen LogP contribution < -0.4 is 5.32 Å². The number of carbonyl (C=O) groups excluding carboxylic acids is 3. The van der Waals surface area contributed by atoms with E-state index in [9.17, 15) is 19.2 Å². The molecule has 0 unspecified atom stereocenters. The molecule has 0 fully saturated rings. The van der Waals surface area contributed by atoms with E-state index in [1.807, 2.05) is 6.07 Å². The third-order valence-corrected chi connectivity index (χ3v) is 4.22. The standard InChI is InChI=1S/C20H24N4O7/c1-30-18(27)7-8-24(11-17(25)26)19(28)16(9-15-10-21-13-22-15)23-20(29)31-12-14-5-3-2-4-6-14/h2-6,10,13,16H,7-9,11-12H2,1H3,(H,21,22)(H,23,29)(H,25,26)/t16-/m0/s1. The normalized spacial score (nSPS) is 11.3. The van der Waals surface area contributed by atoms with E-state index in [-0.39, 0.29) is 26.0 Å². The molecule has 0 aliphatic heterocycles. The van der Waals surface area contributed by atoms with Crippen LogP contribution in [0.5, 0.6) is 0 Å². The van der Waals surface area contributed by atoms with E-state index in [1.165, 1.54) is 13.4 Å². The van der Waals surface area contributed by atoms with Crippen molar-refractivity contribution in [2.45, 2.75) is 25.5 Å². The highest BCUT2D eigenvalue weighted by Gasteiger charge is 2.29. The molecule has 3 N–H and O–H groups in total. The summed E-state index contributed by atoms with van der Waals surface area (Å²) in [5.74, 6) is -2.54.